The largest absolute Gasteiger partial charge is 0.460 e. The Morgan fingerprint density at radius 3 is 2.31 bits per heavy atom. The second kappa shape index (κ2) is 12.6. The third kappa shape index (κ3) is 7.45. The number of hydrogen-bond donors (Lipinski definition) is 1. The highest BCUT2D eigenvalue weighted by Crippen LogP contribution is 2.24. The number of carbonyl (C=O) groups is 1. The predicted molar refractivity (Wildman–Crippen MR) is 150 cm³/mol. The van der Waals surface area contributed by atoms with Gasteiger partial charge in [0, 0.05) is 24.2 Å². The summed E-state index contributed by atoms with van der Waals surface area (Å²) in [5.74, 6) is 0.0779. The summed E-state index contributed by atoms with van der Waals surface area (Å²) in [7, 11) is -3.88. The topological polar surface area (TPSA) is 103 Å². The molecule has 39 heavy (non-hydrogen) atoms. The van der Waals surface area contributed by atoms with E-state index in [1.54, 1.807) is 60.7 Å². The Hall–Kier alpha value is -4.16. The van der Waals surface area contributed by atoms with E-state index >= 15 is 0 Å². The van der Waals surface area contributed by atoms with Gasteiger partial charge in [-0.3, -0.25) is 4.79 Å². The number of rotatable bonds is 10. The quantitative estimate of drug-likeness (QED) is 0.194. The Morgan fingerprint density at radius 1 is 0.949 bits per heavy atom. The van der Waals surface area contributed by atoms with Crippen LogP contribution < -0.4 is 5.32 Å². The summed E-state index contributed by atoms with van der Waals surface area (Å²) in [5, 5.41) is 12.8. The van der Waals surface area contributed by atoms with Crippen molar-refractivity contribution in [3.8, 4) is 6.07 Å². The first-order valence-electron chi connectivity index (χ1n) is 12.1. The fourth-order valence-electron chi connectivity index (χ4n) is 3.77. The number of aryl methyl sites for hydroxylation is 1. The lowest BCUT2D eigenvalue weighted by Crippen LogP contribution is -2.30. The molecule has 7 nitrogen and oxygen atoms in total. The van der Waals surface area contributed by atoms with Crippen molar-refractivity contribution in [3.63, 3.8) is 0 Å². The van der Waals surface area contributed by atoms with E-state index in [9.17, 15) is 18.5 Å². The van der Waals surface area contributed by atoms with Crippen molar-refractivity contribution in [2.24, 2.45) is 0 Å². The molecule has 0 unspecified atom stereocenters. The molecule has 0 atom stereocenters. The van der Waals surface area contributed by atoms with Gasteiger partial charge in [-0.05, 0) is 54.4 Å². The summed E-state index contributed by atoms with van der Waals surface area (Å²) in [4.78, 5) is 12.7. The molecule has 198 valence electrons. The van der Waals surface area contributed by atoms with Crippen LogP contribution in [0, 0.1) is 18.3 Å². The zero-order chi connectivity index (χ0) is 27.8. The molecular formula is C30H26ClN3O4S. The SMILES string of the molecule is Cc1ccc(S(=O)(=O)N(Cc2ccc(Cl)cc2)Cc2ccc(/C=C(/C#N)C(=O)NCc3ccccc3)o2)cc1. The molecule has 0 saturated heterocycles. The van der Waals surface area contributed by atoms with Crippen molar-refractivity contribution < 1.29 is 17.6 Å². The van der Waals surface area contributed by atoms with Gasteiger partial charge in [0.1, 0.15) is 23.2 Å². The molecule has 0 aliphatic heterocycles. The number of furan rings is 1. The van der Waals surface area contributed by atoms with Gasteiger partial charge in [-0.1, -0.05) is 71.8 Å². The van der Waals surface area contributed by atoms with E-state index in [1.807, 2.05) is 43.3 Å². The van der Waals surface area contributed by atoms with Crippen LogP contribution in [0.2, 0.25) is 5.02 Å². The average molecular weight is 560 g/mol. The van der Waals surface area contributed by atoms with E-state index in [2.05, 4.69) is 5.32 Å². The van der Waals surface area contributed by atoms with Gasteiger partial charge in [-0.15, -0.1) is 0 Å². The lowest BCUT2D eigenvalue weighted by Gasteiger charge is -2.21. The van der Waals surface area contributed by atoms with Crippen molar-refractivity contribution in [3.05, 3.63) is 130 Å². The Balaban J connectivity index is 1.54. The van der Waals surface area contributed by atoms with Gasteiger partial charge >= 0.3 is 0 Å². The van der Waals surface area contributed by atoms with Gasteiger partial charge < -0.3 is 9.73 Å². The number of halogens is 1. The van der Waals surface area contributed by atoms with Crippen LogP contribution in [0.1, 0.15) is 28.2 Å². The van der Waals surface area contributed by atoms with E-state index < -0.39 is 15.9 Å². The maximum atomic E-state index is 13.6. The summed E-state index contributed by atoms with van der Waals surface area (Å²) in [6.07, 6.45) is 1.34. The first-order valence-corrected chi connectivity index (χ1v) is 13.9. The summed E-state index contributed by atoms with van der Waals surface area (Å²) >= 11 is 6.00. The number of nitrogens with zero attached hydrogens (tertiary/aromatic N) is 2. The van der Waals surface area contributed by atoms with Crippen LogP contribution in [0.3, 0.4) is 0 Å². The van der Waals surface area contributed by atoms with Gasteiger partial charge in [0.05, 0.1) is 11.4 Å². The number of benzene rings is 3. The second-order valence-corrected chi connectivity index (χ2v) is 11.2. The maximum absolute atomic E-state index is 13.6. The average Bonchev–Trinajstić information content (AvgIpc) is 3.39. The molecule has 4 rings (SSSR count). The van der Waals surface area contributed by atoms with Gasteiger partial charge in [-0.25, -0.2) is 8.42 Å². The van der Waals surface area contributed by atoms with Crippen LogP contribution in [0.15, 0.2) is 106 Å². The number of sulfonamides is 1. The molecule has 4 aromatic rings. The Labute approximate surface area is 233 Å². The van der Waals surface area contributed by atoms with E-state index in [4.69, 9.17) is 16.0 Å². The molecule has 0 aliphatic carbocycles. The molecule has 0 fully saturated rings. The van der Waals surface area contributed by atoms with Gasteiger partial charge in [0.25, 0.3) is 5.91 Å². The molecule has 1 N–H and O–H groups in total. The van der Waals surface area contributed by atoms with Crippen LogP contribution in [-0.2, 0) is 34.5 Å². The minimum atomic E-state index is -3.88. The standard InChI is InChI=1S/C30H26ClN3O4S/c1-22-7-15-29(16-8-22)39(36,37)34(20-24-9-11-26(31)12-10-24)21-28-14-13-27(38-28)17-25(18-32)30(35)33-19-23-5-3-2-4-6-23/h2-17H,19-21H2,1H3,(H,33,35)/b25-17-. The normalized spacial score (nSPS) is 11.8. The molecule has 1 heterocycles. The Kier molecular flexibility index (Phi) is 8.99. The number of nitriles is 1. The Morgan fingerprint density at radius 2 is 1.64 bits per heavy atom. The van der Waals surface area contributed by atoms with E-state index in [1.165, 1.54) is 10.4 Å². The van der Waals surface area contributed by atoms with Crippen LogP contribution in [0.5, 0.6) is 0 Å². The summed E-state index contributed by atoms with van der Waals surface area (Å²) < 4.78 is 34.3. The molecule has 0 radical (unpaired) electrons. The fraction of sp³-hybridized carbons (Fsp3) is 0.133. The van der Waals surface area contributed by atoms with Crippen LogP contribution >= 0.6 is 11.6 Å². The molecule has 0 spiro atoms. The number of hydrogen-bond acceptors (Lipinski definition) is 5. The van der Waals surface area contributed by atoms with Crippen molar-refractivity contribution in [2.45, 2.75) is 31.5 Å². The van der Waals surface area contributed by atoms with Crippen molar-refractivity contribution in [1.29, 1.82) is 5.26 Å². The number of nitrogens with one attached hydrogen (secondary N) is 1. The van der Waals surface area contributed by atoms with Gasteiger partial charge in [0.2, 0.25) is 10.0 Å². The highest BCUT2D eigenvalue weighted by Gasteiger charge is 2.26. The third-order valence-electron chi connectivity index (χ3n) is 5.89. The summed E-state index contributed by atoms with van der Waals surface area (Å²) in [6.45, 7) is 2.19. The van der Waals surface area contributed by atoms with Crippen molar-refractivity contribution in [2.75, 3.05) is 0 Å². The van der Waals surface area contributed by atoms with Gasteiger partial charge in [-0.2, -0.15) is 9.57 Å². The molecule has 9 heteroatoms. The van der Waals surface area contributed by atoms with Crippen LogP contribution in [0.4, 0.5) is 0 Å². The van der Waals surface area contributed by atoms with Gasteiger partial charge in [0.15, 0.2) is 0 Å². The smallest absolute Gasteiger partial charge is 0.262 e. The molecule has 1 amide bonds. The zero-order valence-electron chi connectivity index (χ0n) is 21.2. The van der Waals surface area contributed by atoms with E-state index in [0.29, 0.717) is 10.8 Å². The lowest BCUT2D eigenvalue weighted by molar-refractivity contribution is -0.117. The van der Waals surface area contributed by atoms with Crippen LogP contribution in [-0.4, -0.2) is 18.6 Å². The monoisotopic (exact) mass is 559 g/mol. The fourth-order valence-corrected chi connectivity index (χ4v) is 5.29. The number of carbonyl (C=O) groups excluding carboxylic acids is 1. The maximum Gasteiger partial charge on any atom is 0.262 e. The first kappa shape index (κ1) is 27.9. The second-order valence-electron chi connectivity index (χ2n) is 8.85. The minimum Gasteiger partial charge on any atom is -0.460 e. The molecule has 0 saturated carbocycles. The first-order chi connectivity index (χ1) is 18.7. The minimum absolute atomic E-state index is 0.0607. The summed E-state index contributed by atoms with van der Waals surface area (Å²) in [5.41, 5.74) is 2.47. The molecule has 0 bridgehead atoms. The van der Waals surface area contributed by atoms with Crippen molar-refractivity contribution >= 4 is 33.6 Å². The number of amides is 1. The predicted octanol–water partition coefficient (Wildman–Crippen LogP) is 5.86. The highest BCUT2D eigenvalue weighted by molar-refractivity contribution is 7.89. The summed E-state index contributed by atoms with van der Waals surface area (Å²) in [6, 6.07) is 28.0. The van der Waals surface area contributed by atoms with E-state index in [0.717, 1.165) is 16.7 Å². The molecule has 0 aliphatic rings. The highest BCUT2D eigenvalue weighted by atomic mass is 35.5. The lowest BCUT2D eigenvalue weighted by atomic mass is 10.2. The van der Waals surface area contributed by atoms with E-state index in [-0.39, 0.29) is 35.9 Å². The molecule has 1 aromatic heterocycles. The zero-order valence-corrected chi connectivity index (χ0v) is 22.7. The molecule has 3 aromatic carbocycles. The Bertz CT molecular complexity index is 1610. The van der Waals surface area contributed by atoms with Crippen molar-refractivity contribution in [1.82, 2.24) is 9.62 Å². The third-order valence-corrected chi connectivity index (χ3v) is 7.95. The van der Waals surface area contributed by atoms with Crippen LogP contribution in [0.25, 0.3) is 6.08 Å². The molecular weight excluding hydrogens is 534 g/mol.